The molecule has 52 heavy (non-hydrogen) atoms. The monoisotopic (exact) mass is 697 g/mol. The first kappa shape index (κ1) is 32.5. The van der Waals surface area contributed by atoms with Crippen molar-refractivity contribution in [3.05, 3.63) is 116 Å². The Morgan fingerprint density at radius 1 is 0.577 bits per heavy atom. The maximum atomic E-state index is 13.6. The highest BCUT2D eigenvalue weighted by molar-refractivity contribution is 6.30. The molecule has 15 heteroatoms. The second-order valence-corrected chi connectivity index (χ2v) is 12.7. The van der Waals surface area contributed by atoms with E-state index in [-0.39, 0.29) is 24.5 Å². The number of fused-ring (bicyclic) bond motifs is 4. The summed E-state index contributed by atoms with van der Waals surface area (Å²) in [6, 6.07) is 16.1. The molecule has 4 amide bonds. The zero-order valence-electron chi connectivity index (χ0n) is 27.3. The highest BCUT2D eigenvalue weighted by Crippen LogP contribution is 2.37. The van der Waals surface area contributed by atoms with Crippen LogP contribution in [0.1, 0.15) is 60.7 Å². The number of hydrogen-bond acceptors (Lipinski definition) is 11. The van der Waals surface area contributed by atoms with Gasteiger partial charge in [-0.15, -0.1) is 0 Å². The number of carbonyl (C=O) groups excluding carboxylic acids is 4. The number of rotatable bonds is 11. The van der Waals surface area contributed by atoms with Gasteiger partial charge in [0.25, 0.3) is 35.0 Å². The SMILES string of the molecule is O=C1c2cccc3c2c(cc2cc([N+](=O)[O-])cnc23)C(=O)N1CCCCNCCCN1C(=O)c2cccc3c2c(cc2cc([N+](=O)[O-])cnc23)C1=O. The Hall–Kier alpha value is -6.74. The second kappa shape index (κ2) is 12.5. The molecule has 0 aliphatic carbocycles. The summed E-state index contributed by atoms with van der Waals surface area (Å²) in [5, 5.41) is 29.0. The summed E-state index contributed by atoms with van der Waals surface area (Å²) >= 11 is 0. The van der Waals surface area contributed by atoms with Gasteiger partial charge in [-0.3, -0.25) is 49.2 Å². The fourth-order valence-corrected chi connectivity index (χ4v) is 7.22. The van der Waals surface area contributed by atoms with E-state index in [1.54, 1.807) is 48.5 Å². The molecule has 0 bridgehead atoms. The average Bonchev–Trinajstić information content (AvgIpc) is 3.15. The zero-order chi connectivity index (χ0) is 36.3. The molecule has 8 rings (SSSR count). The summed E-state index contributed by atoms with van der Waals surface area (Å²) in [6.45, 7) is 1.38. The third kappa shape index (κ3) is 5.17. The molecule has 0 radical (unpaired) electrons. The van der Waals surface area contributed by atoms with E-state index in [1.807, 2.05) is 0 Å². The molecule has 2 aromatic heterocycles. The van der Waals surface area contributed by atoms with Gasteiger partial charge in [-0.2, -0.15) is 0 Å². The van der Waals surface area contributed by atoms with Crippen molar-refractivity contribution in [3.63, 3.8) is 0 Å². The van der Waals surface area contributed by atoms with E-state index in [2.05, 4.69) is 15.3 Å². The molecule has 0 saturated heterocycles. The number of unbranched alkanes of at least 4 members (excludes halogenated alkanes) is 1. The third-order valence-electron chi connectivity index (χ3n) is 9.63. The number of carbonyl (C=O) groups is 4. The lowest BCUT2D eigenvalue weighted by atomic mass is 9.91. The molecule has 1 N–H and O–H groups in total. The maximum Gasteiger partial charge on any atom is 0.288 e. The lowest BCUT2D eigenvalue weighted by molar-refractivity contribution is -0.385. The zero-order valence-corrected chi connectivity index (χ0v) is 27.3. The standard InChI is InChI=1S/C37H27N7O8/c45-34-26-8-3-6-24-30(26)28(16-20-14-22(43(49)50)18-39-32(20)24)36(47)41(34)12-2-1-10-38-11-5-13-42-35(46)27-9-4-7-25-31(27)29(37(42)48)17-21-15-23(44(51)52)19-40-33(21)25/h3-4,6-9,14-19,38H,1-2,5,10-13H2. The van der Waals surface area contributed by atoms with Crippen molar-refractivity contribution in [1.29, 1.82) is 0 Å². The molecule has 0 saturated carbocycles. The number of hydrogen-bond donors (Lipinski definition) is 1. The van der Waals surface area contributed by atoms with Gasteiger partial charge in [-0.1, -0.05) is 24.3 Å². The van der Waals surface area contributed by atoms with Gasteiger partial charge in [0.1, 0.15) is 12.4 Å². The lowest BCUT2D eigenvalue weighted by Crippen LogP contribution is -2.41. The van der Waals surface area contributed by atoms with Crippen LogP contribution in [0.15, 0.2) is 73.1 Å². The van der Waals surface area contributed by atoms with Crippen molar-refractivity contribution in [2.45, 2.75) is 19.3 Å². The van der Waals surface area contributed by atoms with Crippen molar-refractivity contribution in [2.75, 3.05) is 26.2 Å². The van der Waals surface area contributed by atoms with Crippen molar-refractivity contribution in [2.24, 2.45) is 0 Å². The third-order valence-corrected chi connectivity index (χ3v) is 9.63. The van der Waals surface area contributed by atoms with E-state index in [0.717, 1.165) is 12.4 Å². The van der Waals surface area contributed by atoms with Crippen LogP contribution in [0, 0.1) is 20.2 Å². The van der Waals surface area contributed by atoms with E-state index >= 15 is 0 Å². The molecule has 15 nitrogen and oxygen atoms in total. The Labute approximate surface area is 293 Å². The summed E-state index contributed by atoms with van der Waals surface area (Å²) in [7, 11) is 0. The number of benzene rings is 4. The molecular formula is C37H27N7O8. The number of nitrogens with zero attached hydrogens (tertiary/aromatic N) is 6. The van der Waals surface area contributed by atoms with Crippen LogP contribution in [0.4, 0.5) is 11.4 Å². The number of imide groups is 2. The highest BCUT2D eigenvalue weighted by atomic mass is 16.6. The van der Waals surface area contributed by atoms with Crippen molar-refractivity contribution < 1.29 is 29.0 Å². The van der Waals surface area contributed by atoms with Crippen LogP contribution in [0.2, 0.25) is 0 Å². The summed E-state index contributed by atoms with van der Waals surface area (Å²) < 4.78 is 0. The number of nitro groups is 2. The minimum absolute atomic E-state index is 0.154. The number of nitrogens with one attached hydrogen (secondary N) is 1. The van der Waals surface area contributed by atoms with Crippen molar-refractivity contribution in [1.82, 2.24) is 25.1 Å². The summed E-state index contributed by atoms with van der Waals surface area (Å²) in [5.74, 6) is -1.77. The lowest BCUT2D eigenvalue weighted by Gasteiger charge is -2.28. The number of aromatic nitrogens is 2. The molecule has 6 aromatic rings. The molecule has 0 fully saturated rings. The minimum atomic E-state index is -0.548. The van der Waals surface area contributed by atoms with Gasteiger partial charge in [-0.05, 0) is 56.6 Å². The van der Waals surface area contributed by atoms with Crippen LogP contribution in [0.3, 0.4) is 0 Å². The first-order chi connectivity index (χ1) is 25.1. The van der Waals surface area contributed by atoms with Crippen LogP contribution in [-0.4, -0.2) is 79.4 Å². The molecule has 4 aromatic carbocycles. The first-order valence-corrected chi connectivity index (χ1v) is 16.6. The second-order valence-electron chi connectivity index (χ2n) is 12.7. The van der Waals surface area contributed by atoms with Crippen molar-refractivity contribution >= 4 is 78.4 Å². The minimum Gasteiger partial charge on any atom is -0.317 e. The predicted molar refractivity (Wildman–Crippen MR) is 189 cm³/mol. The fraction of sp³-hybridized carbons (Fsp3) is 0.189. The van der Waals surface area contributed by atoms with Crippen LogP contribution in [0.5, 0.6) is 0 Å². The quantitative estimate of drug-likeness (QED) is 0.0585. The highest BCUT2D eigenvalue weighted by Gasteiger charge is 2.35. The van der Waals surface area contributed by atoms with Gasteiger partial charge in [0.15, 0.2) is 0 Å². The molecule has 2 aliphatic heterocycles. The Balaban J connectivity index is 0.883. The van der Waals surface area contributed by atoms with Crippen LogP contribution >= 0.6 is 0 Å². The maximum absolute atomic E-state index is 13.6. The van der Waals surface area contributed by atoms with Crippen LogP contribution in [0.25, 0.3) is 43.4 Å². The van der Waals surface area contributed by atoms with Crippen LogP contribution in [-0.2, 0) is 0 Å². The van der Waals surface area contributed by atoms with E-state index in [1.165, 1.54) is 21.9 Å². The van der Waals surface area contributed by atoms with E-state index < -0.39 is 33.5 Å². The smallest absolute Gasteiger partial charge is 0.288 e. The van der Waals surface area contributed by atoms with Gasteiger partial charge < -0.3 is 5.32 Å². The molecule has 4 heterocycles. The normalized spacial score (nSPS) is 14.0. The van der Waals surface area contributed by atoms with E-state index in [4.69, 9.17) is 0 Å². The summed E-state index contributed by atoms with van der Waals surface area (Å²) in [6.07, 6.45) is 3.93. The summed E-state index contributed by atoms with van der Waals surface area (Å²) in [4.78, 5) is 86.5. The van der Waals surface area contributed by atoms with E-state index in [0.29, 0.717) is 98.0 Å². The van der Waals surface area contributed by atoms with Gasteiger partial charge in [0.05, 0.1) is 20.9 Å². The van der Waals surface area contributed by atoms with Gasteiger partial charge in [0, 0.05) is 79.8 Å². The molecular weight excluding hydrogens is 670 g/mol. The largest absolute Gasteiger partial charge is 0.317 e. The first-order valence-electron chi connectivity index (χ1n) is 16.6. The molecule has 258 valence electrons. The number of pyridine rings is 2. The Morgan fingerprint density at radius 3 is 1.50 bits per heavy atom. The van der Waals surface area contributed by atoms with E-state index in [9.17, 15) is 39.4 Å². The Bertz CT molecular complexity index is 2430. The Morgan fingerprint density at radius 2 is 1.02 bits per heavy atom. The van der Waals surface area contributed by atoms with Crippen molar-refractivity contribution in [3.8, 4) is 0 Å². The molecule has 0 atom stereocenters. The molecule has 0 spiro atoms. The number of amides is 4. The predicted octanol–water partition coefficient (Wildman–Crippen LogP) is 5.56. The van der Waals surface area contributed by atoms with Crippen LogP contribution < -0.4 is 5.32 Å². The topological polar surface area (TPSA) is 199 Å². The van der Waals surface area contributed by atoms with Gasteiger partial charge in [0.2, 0.25) is 0 Å². The fourth-order valence-electron chi connectivity index (χ4n) is 7.22. The summed E-state index contributed by atoms with van der Waals surface area (Å²) in [5.41, 5.74) is 1.88. The molecule has 0 unspecified atom stereocenters. The van der Waals surface area contributed by atoms with Gasteiger partial charge in [-0.25, -0.2) is 9.97 Å². The van der Waals surface area contributed by atoms with Gasteiger partial charge >= 0.3 is 0 Å². The average molecular weight is 698 g/mol. The Kier molecular flexibility index (Phi) is 7.83. The molecule has 2 aliphatic rings.